The van der Waals surface area contributed by atoms with Crippen molar-refractivity contribution in [2.45, 2.75) is 45.1 Å². The van der Waals surface area contributed by atoms with E-state index in [9.17, 15) is 18.8 Å². The molecule has 1 fully saturated rings. The van der Waals surface area contributed by atoms with E-state index in [-0.39, 0.29) is 17.6 Å². The number of nitrogens with zero attached hydrogens (tertiary/aromatic N) is 1. The first-order valence-corrected chi connectivity index (χ1v) is 9.60. The first kappa shape index (κ1) is 21.8. The fourth-order valence-electron chi connectivity index (χ4n) is 3.65. The van der Waals surface area contributed by atoms with E-state index in [4.69, 9.17) is 0 Å². The van der Waals surface area contributed by atoms with E-state index in [1.165, 1.54) is 38.3 Å². The normalized spacial score (nSPS) is 15.8. The lowest BCUT2D eigenvalue weighted by Crippen LogP contribution is -2.47. The number of amides is 3. The molecule has 1 aliphatic rings. The Kier molecular flexibility index (Phi) is 7.92. The summed E-state index contributed by atoms with van der Waals surface area (Å²) in [4.78, 5) is 37.6. The third-order valence-electron chi connectivity index (χ3n) is 5.07. The van der Waals surface area contributed by atoms with Crippen molar-refractivity contribution in [3.8, 4) is 0 Å². The molecule has 1 atom stereocenters. The van der Waals surface area contributed by atoms with Gasteiger partial charge in [-0.05, 0) is 51.1 Å². The van der Waals surface area contributed by atoms with Crippen molar-refractivity contribution in [2.24, 2.45) is 5.92 Å². The lowest BCUT2D eigenvalue weighted by Gasteiger charge is -2.34. The van der Waals surface area contributed by atoms with E-state index in [0.29, 0.717) is 18.2 Å². The Balaban J connectivity index is 1.95. The van der Waals surface area contributed by atoms with Gasteiger partial charge in [0.1, 0.15) is 5.82 Å². The number of carbonyl (C=O) groups excluding carboxylic acids is 3. The van der Waals surface area contributed by atoms with Crippen LogP contribution in [0.15, 0.2) is 18.2 Å². The maximum Gasteiger partial charge on any atom is 0.313 e. The summed E-state index contributed by atoms with van der Waals surface area (Å²) >= 11 is 0. The predicted octanol–water partition coefficient (Wildman–Crippen LogP) is 2.35. The lowest BCUT2D eigenvalue weighted by atomic mass is 9.83. The molecule has 1 saturated carbocycles. The molecular formula is C20H29FN4O3. The molecule has 0 aliphatic heterocycles. The molecule has 3 N–H and O–H groups in total. The van der Waals surface area contributed by atoms with Crippen LogP contribution in [0, 0.1) is 11.7 Å². The van der Waals surface area contributed by atoms with Gasteiger partial charge in [-0.15, -0.1) is 0 Å². The number of hydrogen-bond acceptors (Lipinski definition) is 4. The quantitative estimate of drug-likeness (QED) is 0.648. The topological polar surface area (TPSA) is 90.5 Å². The minimum Gasteiger partial charge on any atom is -0.346 e. The number of halogens is 1. The summed E-state index contributed by atoms with van der Waals surface area (Å²) in [6.07, 6.45) is 5.85. The van der Waals surface area contributed by atoms with Crippen LogP contribution in [0.25, 0.3) is 0 Å². The van der Waals surface area contributed by atoms with Gasteiger partial charge < -0.3 is 20.9 Å². The van der Waals surface area contributed by atoms with Crippen LogP contribution < -0.4 is 16.0 Å². The summed E-state index contributed by atoms with van der Waals surface area (Å²) in [6.45, 7) is 1.68. The summed E-state index contributed by atoms with van der Waals surface area (Å²) in [5, 5.41) is 7.43. The van der Waals surface area contributed by atoms with Crippen molar-refractivity contribution in [3.63, 3.8) is 0 Å². The molecule has 28 heavy (non-hydrogen) atoms. The molecule has 3 amide bonds. The van der Waals surface area contributed by atoms with Crippen LogP contribution in [-0.2, 0) is 14.4 Å². The Bertz CT molecular complexity index is 717. The number of nitrogens with one attached hydrogen (secondary N) is 3. The SMILES string of the molecule is CC(=O)Nc1ccc(F)c(NC(=O)C(=O)NCC(C2CCCCC2)N(C)C)c1. The number of carbonyl (C=O) groups is 3. The largest absolute Gasteiger partial charge is 0.346 e. The van der Waals surface area contributed by atoms with Crippen LogP contribution in [-0.4, -0.2) is 49.3 Å². The van der Waals surface area contributed by atoms with Crippen LogP contribution in [0.3, 0.4) is 0 Å². The van der Waals surface area contributed by atoms with Crippen molar-refractivity contribution in [1.82, 2.24) is 10.2 Å². The summed E-state index contributed by atoms with van der Waals surface area (Å²) in [6, 6.07) is 3.91. The number of anilines is 2. The molecule has 2 rings (SSSR count). The van der Waals surface area contributed by atoms with Gasteiger partial charge in [-0.1, -0.05) is 19.3 Å². The number of benzene rings is 1. The molecule has 8 heteroatoms. The first-order chi connectivity index (χ1) is 13.3. The van der Waals surface area contributed by atoms with Crippen LogP contribution >= 0.6 is 0 Å². The fourth-order valence-corrected chi connectivity index (χ4v) is 3.65. The van der Waals surface area contributed by atoms with Crippen LogP contribution in [0.2, 0.25) is 0 Å². The minimum absolute atomic E-state index is 0.150. The molecule has 154 valence electrons. The predicted molar refractivity (Wildman–Crippen MR) is 106 cm³/mol. The molecule has 0 bridgehead atoms. The van der Waals surface area contributed by atoms with Gasteiger partial charge in [-0.25, -0.2) is 4.39 Å². The van der Waals surface area contributed by atoms with Crippen LogP contribution in [0.1, 0.15) is 39.0 Å². The van der Waals surface area contributed by atoms with E-state index < -0.39 is 17.6 Å². The summed E-state index contributed by atoms with van der Waals surface area (Å²) in [5.41, 5.74) is 0.164. The Hall–Kier alpha value is -2.48. The van der Waals surface area contributed by atoms with Gasteiger partial charge in [0.25, 0.3) is 0 Å². The highest BCUT2D eigenvalue weighted by atomic mass is 19.1. The van der Waals surface area contributed by atoms with Gasteiger partial charge in [-0.2, -0.15) is 0 Å². The second-order valence-electron chi connectivity index (χ2n) is 7.47. The van der Waals surface area contributed by atoms with Crippen molar-refractivity contribution in [1.29, 1.82) is 0 Å². The van der Waals surface area contributed by atoms with E-state index in [0.717, 1.165) is 18.9 Å². The Labute approximate surface area is 165 Å². The van der Waals surface area contributed by atoms with Crippen molar-refractivity contribution < 1.29 is 18.8 Å². The Morgan fingerprint density at radius 3 is 2.39 bits per heavy atom. The molecule has 1 aromatic rings. The zero-order chi connectivity index (χ0) is 20.7. The van der Waals surface area contributed by atoms with Crippen molar-refractivity contribution in [3.05, 3.63) is 24.0 Å². The molecular weight excluding hydrogens is 363 g/mol. The maximum absolute atomic E-state index is 13.9. The highest BCUT2D eigenvalue weighted by Gasteiger charge is 2.26. The van der Waals surface area contributed by atoms with Gasteiger partial charge in [0, 0.05) is 25.2 Å². The van der Waals surface area contributed by atoms with Gasteiger partial charge in [-0.3, -0.25) is 14.4 Å². The Morgan fingerprint density at radius 1 is 1.11 bits per heavy atom. The molecule has 0 spiro atoms. The van der Waals surface area contributed by atoms with Crippen LogP contribution in [0.4, 0.5) is 15.8 Å². The van der Waals surface area contributed by atoms with E-state index in [1.807, 2.05) is 14.1 Å². The molecule has 1 aromatic carbocycles. The maximum atomic E-state index is 13.9. The van der Waals surface area contributed by atoms with Crippen LogP contribution in [0.5, 0.6) is 0 Å². The average Bonchev–Trinajstić information content (AvgIpc) is 2.64. The van der Waals surface area contributed by atoms with Gasteiger partial charge in [0.05, 0.1) is 5.69 Å². The third-order valence-corrected chi connectivity index (χ3v) is 5.07. The Morgan fingerprint density at radius 2 is 1.79 bits per heavy atom. The third kappa shape index (κ3) is 6.30. The lowest BCUT2D eigenvalue weighted by molar-refractivity contribution is -0.136. The standard InChI is InChI=1S/C20H29FN4O3/c1-13(26)23-15-9-10-16(21)17(11-15)24-20(28)19(27)22-12-18(25(2)3)14-7-5-4-6-8-14/h9-11,14,18H,4-8,12H2,1-3H3,(H,22,27)(H,23,26)(H,24,28). The van der Waals surface area contributed by atoms with Crippen molar-refractivity contribution >= 4 is 29.1 Å². The second-order valence-corrected chi connectivity index (χ2v) is 7.47. The van der Waals surface area contributed by atoms with Crippen molar-refractivity contribution in [2.75, 3.05) is 31.3 Å². The minimum atomic E-state index is -0.944. The molecule has 0 saturated heterocycles. The van der Waals surface area contributed by atoms with Gasteiger partial charge in [0.2, 0.25) is 5.91 Å². The first-order valence-electron chi connectivity index (χ1n) is 9.60. The van der Waals surface area contributed by atoms with E-state index >= 15 is 0 Å². The molecule has 7 nitrogen and oxygen atoms in total. The summed E-state index contributed by atoms with van der Waals surface area (Å²) in [5.74, 6) is -2.28. The molecule has 1 unspecified atom stereocenters. The highest BCUT2D eigenvalue weighted by molar-refractivity contribution is 6.39. The number of likely N-dealkylation sites (N-methyl/N-ethyl adjacent to an activating group) is 1. The number of hydrogen-bond donors (Lipinski definition) is 3. The van der Waals surface area contributed by atoms with E-state index in [1.54, 1.807) is 0 Å². The second kappa shape index (κ2) is 10.2. The zero-order valence-electron chi connectivity index (χ0n) is 16.7. The summed E-state index contributed by atoms with van der Waals surface area (Å²) in [7, 11) is 3.93. The van der Waals surface area contributed by atoms with Gasteiger partial charge in [0.15, 0.2) is 0 Å². The van der Waals surface area contributed by atoms with E-state index in [2.05, 4.69) is 20.9 Å². The smallest absolute Gasteiger partial charge is 0.313 e. The highest BCUT2D eigenvalue weighted by Crippen LogP contribution is 2.28. The molecule has 0 heterocycles. The molecule has 1 aliphatic carbocycles. The summed E-state index contributed by atoms with van der Waals surface area (Å²) < 4.78 is 13.9. The zero-order valence-corrected chi connectivity index (χ0v) is 16.7. The fraction of sp³-hybridized carbons (Fsp3) is 0.550. The van der Waals surface area contributed by atoms with Gasteiger partial charge >= 0.3 is 11.8 Å². The number of rotatable bonds is 6. The average molecular weight is 392 g/mol. The monoisotopic (exact) mass is 392 g/mol. The molecule has 0 radical (unpaired) electrons. The molecule has 0 aromatic heterocycles.